The average Bonchev–Trinajstić information content (AvgIpc) is 2.56. The first-order valence-electron chi connectivity index (χ1n) is 8.16. The van der Waals surface area contributed by atoms with Crippen molar-refractivity contribution >= 4 is 5.82 Å². The minimum absolute atomic E-state index is 0.262. The van der Waals surface area contributed by atoms with Crippen molar-refractivity contribution in [2.75, 3.05) is 18.5 Å². The molecule has 23 heavy (non-hydrogen) atoms. The molecule has 0 saturated carbocycles. The highest BCUT2D eigenvalue weighted by Crippen LogP contribution is 2.11. The van der Waals surface area contributed by atoms with Crippen LogP contribution in [0.3, 0.4) is 0 Å². The van der Waals surface area contributed by atoms with Crippen molar-refractivity contribution in [3.63, 3.8) is 0 Å². The first-order valence-corrected chi connectivity index (χ1v) is 8.16. The van der Waals surface area contributed by atoms with Gasteiger partial charge in [-0.1, -0.05) is 37.3 Å². The molecule has 0 saturated heterocycles. The molecule has 6 heteroatoms. The Morgan fingerprint density at radius 2 is 2.00 bits per heavy atom. The SMILES string of the molecule is CCC[NH+]1CNc2c(c(=O)[nH]c(=O)n2CCc2ccccc2)C1. The number of nitrogens with zero attached hydrogens (tertiary/aromatic N) is 1. The van der Waals surface area contributed by atoms with Gasteiger partial charge in [0.1, 0.15) is 17.9 Å². The van der Waals surface area contributed by atoms with Crippen LogP contribution in [0.1, 0.15) is 24.5 Å². The maximum Gasteiger partial charge on any atom is 0.329 e. The fourth-order valence-electron chi connectivity index (χ4n) is 3.13. The summed E-state index contributed by atoms with van der Waals surface area (Å²) < 4.78 is 1.66. The molecule has 0 radical (unpaired) electrons. The van der Waals surface area contributed by atoms with Crippen molar-refractivity contribution in [2.45, 2.75) is 32.9 Å². The second kappa shape index (κ2) is 6.83. The standard InChI is InChI=1S/C17H22N4O2/c1-2-9-20-11-14-15(18-12-20)21(17(23)19-16(14)22)10-8-13-6-4-3-5-7-13/h3-7,18H,2,8-12H2,1H3,(H,19,22,23)/p+1. The van der Waals surface area contributed by atoms with Gasteiger partial charge in [-0.2, -0.15) is 0 Å². The first kappa shape index (κ1) is 15.6. The Balaban J connectivity index is 1.88. The number of hydrogen-bond acceptors (Lipinski definition) is 3. The fraction of sp³-hybridized carbons (Fsp3) is 0.412. The lowest BCUT2D eigenvalue weighted by molar-refractivity contribution is -0.912. The highest BCUT2D eigenvalue weighted by Gasteiger charge is 2.24. The molecule has 2 aromatic rings. The van der Waals surface area contributed by atoms with Crippen LogP contribution >= 0.6 is 0 Å². The molecule has 1 aromatic carbocycles. The van der Waals surface area contributed by atoms with E-state index >= 15 is 0 Å². The number of hydrogen-bond donors (Lipinski definition) is 3. The number of aromatic amines is 1. The number of fused-ring (bicyclic) bond motifs is 1. The summed E-state index contributed by atoms with van der Waals surface area (Å²) in [5.74, 6) is 0.689. The average molecular weight is 315 g/mol. The molecule has 0 aliphatic carbocycles. The van der Waals surface area contributed by atoms with Crippen LogP contribution in [0.25, 0.3) is 0 Å². The molecule has 6 nitrogen and oxygen atoms in total. The van der Waals surface area contributed by atoms with Gasteiger partial charge >= 0.3 is 5.69 Å². The predicted molar refractivity (Wildman–Crippen MR) is 89.8 cm³/mol. The van der Waals surface area contributed by atoms with E-state index in [0.29, 0.717) is 24.5 Å². The third kappa shape index (κ3) is 3.37. The van der Waals surface area contributed by atoms with Crippen LogP contribution < -0.4 is 21.5 Å². The first-order chi connectivity index (χ1) is 11.2. The summed E-state index contributed by atoms with van der Waals surface area (Å²) in [4.78, 5) is 28.1. The minimum Gasteiger partial charge on any atom is -0.324 e. The Morgan fingerprint density at radius 1 is 1.22 bits per heavy atom. The molecular weight excluding hydrogens is 292 g/mol. The molecule has 3 rings (SSSR count). The van der Waals surface area contributed by atoms with Gasteiger partial charge in [-0.25, -0.2) is 4.79 Å². The van der Waals surface area contributed by atoms with Crippen LogP contribution in [-0.4, -0.2) is 22.8 Å². The van der Waals surface area contributed by atoms with Crippen LogP contribution in [0.4, 0.5) is 5.82 Å². The van der Waals surface area contributed by atoms with E-state index in [0.717, 1.165) is 26.1 Å². The summed E-state index contributed by atoms with van der Waals surface area (Å²) in [7, 11) is 0. The van der Waals surface area contributed by atoms with Crippen LogP contribution in [0.2, 0.25) is 0 Å². The zero-order chi connectivity index (χ0) is 16.2. The largest absolute Gasteiger partial charge is 0.329 e. The Kier molecular flexibility index (Phi) is 4.62. The van der Waals surface area contributed by atoms with Gasteiger partial charge in [-0.15, -0.1) is 0 Å². The molecule has 2 heterocycles. The van der Waals surface area contributed by atoms with Gasteiger partial charge in [-0.05, 0) is 18.4 Å². The molecule has 1 unspecified atom stereocenters. The van der Waals surface area contributed by atoms with Gasteiger partial charge in [0.25, 0.3) is 5.56 Å². The molecule has 0 amide bonds. The molecule has 0 bridgehead atoms. The second-order valence-electron chi connectivity index (χ2n) is 6.00. The molecule has 1 aliphatic heterocycles. The number of rotatable bonds is 5. The normalized spacial score (nSPS) is 16.7. The maximum absolute atomic E-state index is 12.2. The van der Waals surface area contributed by atoms with E-state index in [-0.39, 0.29) is 11.2 Å². The number of aromatic nitrogens is 2. The number of benzene rings is 1. The minimum atomic E-state index is -0.337. The molecule has 122 valence electrons. The summed E-state index contributed by atoms with van der Waals surface area (Å²) in [5.41, 5.74) is 1.26. The van der Waals surface area contributed by atoms with Crippen molar-refractivity contribution < 1.29 is 4.90 Å². The summed E-state index contributed by atoms with van der Waals surface area (Å²) in [6, 6.07) is 10.0. The van der Waals surface area contributed by atoms with E-state index < -0.39 is 0 Å². The van der Waals surface area contributed by atoms with Gasteiger partial charge < -0.3 is 10.2 Å². The molecule has 0 fully saturated rings. The van der Waals surface area contributed by atoms with E-state index in [2.05, 4.69) is 17.2 Å². The molecular formula is C17H23N4O2+. The smallest absolute Gasteiger partial charge is 0.324 e. The number of nitrogens with one attached hydrogen (secondary N) is 3. The van der Waals surface area contributed by atoms with Gasteiger partial charge in [0, 0.05) is 6.54 Å². The van der Waals surface area contributed by atoms with Crippen molar-refractivity contribution in [2.24, 2.45) is 0 Å². The van der Waals surface area contributed by atoms with Crippen molar-refractivity contribution in [1.82, 2.24) is 9.55 Å². The van der Waals surface area contributed by atoms with Crippen molar-refractivity contribution in [3.05, 3.63) is 62.3 Å². The van der Waals surface area contributed by atoms with Gasteiger partial charge in [0.15, 0.2) is 6.67 Å². The lowest BCUT2D eigenvalue weighted by Crippen LogP contribution is -3.12. The van der Waals surface area contributed by atoms with Crippen LogP contribution in [0, 0.1) is 0 Å². The van der Waals surface area contributed by atoms with E-state index in [9.17, 15) is 9.59 Å². The zero-order valence-electron chi connectivity index (χ0n) is 13.4. The second-order valence-corrected chi connectivity index (χ2v) is 6.00. The summed E-state index contributed by atoms with van der Waals surface area (Å²) in [5, 5.41) is 3.29. The van der Waals surface area contributed by atoms with Crippen LogP contribution in [-0.2, 0) is 19.5 Å². The topological polar surface area (TPSA) is 71.3 Å². The molecule has 3 N–H and O–H groups in total. The maximum atomic E-state index is 12.2. The van der Waals surface area contributed by atoms with Crippen LogP contribution in [0.15, 0.2) is 39.9 Å². The zero-order valence-corrected chi connectivity index (χ0v) is 13.4. The van der Waals surface area contributed by atoms with Gasteiger partial charge in [0.05, 0.1) is 6.54 Å². The predicted octanol–water partition coefficient (Wildman–Crippen LogP) is -0.0428. The quantitative estimate of drug-likeness (QED) is 0.725. The van der Waals surface area contributed by atoms with E-state index in [1.54, 1.807) is 4.57 Å². The van der Waals surface area contributed by atoms with E-state index in [1.807, 2.05) is 30.3 Å². The van der Waals surface area contributed by atoms with Gasteiger partial charge in [-0.3, -0.25) is 14.3 Å². The lowest BCUT2D eigenvalue weighted by Gasteiger charge is -2.27. The lowest BCUT2D eigenvalue weighted by atomic mass is 10.1. The summed E-state index contributed by atoms with van der Waals surface area (Å²) >= 11 is 0. The Morgan fingerprint density at radius 3 is 2.74 bits per heavy atom. The molecule has 1 aliphatic rings. The molecule has 1 aromatic heterocycles. The van der Waals surface area contributed by atoms with E-state index in [1.165, 1.54) is 10.5 Å². The Labute approximate surface area is 134 Å². The summed E-state index contributed by atoms with van der Waals surface area (Å²) in [6.45, 7) is 5.10. The number of aryl methyl sites for hydroxylation is 1. The number of quaternary nitrogens is 1. The Bertz CT molecular complexity index is 779. The highest BCUT2D eigenvalue weighted by molar-refractivity contribution is 5.44. The molecule has 0 spiro atoms. The summed E-state index contributed by atoms with van der Waals surface area (Å²) in [6.07, 6.45) is 1.82. The third-order valence-corrected chi connectivity index (χ3v) is 4.30. The highest BCUT2D eigenvalue weighted by atomic mass is 16.2. The van der Waals surface area contributed by atoms with Crippen molar-refractivity contribution in [1.29, 1.82) is 0 Å². The van der Waals surface area contributed by atoms with Crippen LogP contribution in [0.5, 0.6) is 0 Å². The Hall–Kier alpha value is -2.34. The van der Waals surface area contributed by atoms with E-state index in [4.69, 9.17) is 0 Å². The van der Waals surface area contributed by atoms with Crippen molar-refractivity contribution in [3.8, 4) is 0 Å². The molecule has 1 atom stereocenters. The van der Waals surface area contributed by atoms with Gasteiger partial charge in [0.2, 0.25) is 0 Å². The number of anilines is 1. The monoisotopic (exact) mass is 315 g/mol. The number of H-pyrrole nitrogens is 1. The third-order valence-electron chi connectivity index (χ3n) is 4.30. The fourth-order valence-corrected chi connectivity index (χ4v) is 3.13.